The lowest BCUT2D eigenvalue weighted by atomic mass is 10.2. The smallest absolute Gasteiger partial charge is 0.267 e. The molecule has 21 heavy (non-hydrogen) atoms. The fourth-order valence-electron chi connectivity index (χ4n) is 2.02. The first kappa shape index (κ1) is 13.5. The van der Waals surface area contributed by atoms with Gasteiger partial charge >= 0.3 is 0 Å². The summed E-state index contributed by atoms with van der Waals surface area (Å²) in [5.41, 5.74) is 1.05. The summed E-state index contributed by atoms with van der Waals surface area (Å²) in [4.78, 5) is 28.5. The van der Waals surface area contributed by atoms with Crippen molar-refractivity contribution < 1.29 is 4.79 Å². The minimum atomic E-state index is -0.465. The van der Waals surface area contributed by atoms with Crippen molar-refractivity contribution in [1.82, 2.24) is 9.55 Å². The zero-order valence-corrected chi connectivity index (χ0v) is 11.8. The van der Waals surface area contributed by atoms with Crippen molar-refractivity contribution in [2.75, 3.05) is 11.1 Å². The van der Waals surface area contributed by atoms with E-state index in [-0.39, 0.29) is 11.1 Å². The highest BCUT2D eigenvalue weighted by Crippen LogP contribution is 2.20. The summed E-state index contributed by atoms with van der Waals surface area (Å²) in [5.74, 6) is 2.84. The van der Waals surface area contributed by atoms with Gasteiger partial charge < -0.3 is 5.32 Å². The lowest BCUT2D eigenvalue weighted by Gasteiger charge is -2.07. The average molecular weight is 297 g/mol. The van der Waals surface area contributed by atoms with E-state index >= 15 is 0 Å². The Balaban J connectivity index is 1.86. The average Bonchev–Trinajstić information content (AvgIpc) is 2.98. The van der Waals surface area contributed by atoms with Gasteiger partial charge in [0.1, 0.15) is 5.56 Å². The minimum absolute atomic E-state index is 0.0438. The Labute approximate surface area is 125 Å². The molecular weight excluding hydrogens is 286 g/mol. The van der Waals surface area contributed by atoms with Crippen LogP contribution in [-0.4, -0.2) is 21.2 Å². The zero-order valence-electron chi connectivity index (χ0n) is 11.0. The van der Waals surface area contributed by atoms with Gasteiger partial charge in [0, 0.05) is 29.7 Å². The summed E-state index contributed by atoms with van der Waals surface area (Å²) < 4.78 is 1.53. The van der Waals surface area contributed by atoms with E-state index in [1.165, 1.54) is 22.5 Å². The van der Waals surface area contributed by atoms with Gasteiger partial charge in [0.15, 0.2) is 5.16 Å². The highest BCUT2D eigenvalue weighted by molar-refractivity contribution is 7.99. The van der Waals surface area contributed by atoms with Gasteiger partial charge in [-0.1, -0.05) is 17.7 Å². The quantitative estimate of drug-likeness (QED) is 0.675. The predicted octanol–water partition coefficient (Wildman–Crippen LogP) is 1.58. The Kier molecular flexibility index (Phi) is 3.50. The van der Waals surface area contributed by atoms with Gasteiger partial charge in [0.05, 0.1) is 0 Å². The maximum atomic E-state index is 12.2. The second kappa shape index (κ2) is 5.46. The van der Waals surface area contributed by atoms with Crippen molar-refractivity contribution >= 4 is 23.4 Å². The Bertz CT molecular complexity index is 803. The van der Waals surface area contributed by atoms with Crippen molar-refractivity contribution in [3.05, 3.63) is 51.9 Å². The molecule has 1 aromatic heterocycles. The Morgan fingerprint density at radius 2 is 2.14 bits per heavy atom. The van der Waals surface area contributed by atoms with Gasteiger partial charge in [-0.05, 0) is 24.3 Å². The monoisotopic (exact) mass is 297 g/mol. The molecule has 0 unspecified atom stereocenters. The Morgan fingerprint density at radius 1 is 1.38 bits per heavy atom. The Morgan fingerprint density at radius 3 is 2.86 bits per heavy atom. The summed E-state index contributed by atoms with van der Waals surface area (Å²) in [6.07, 6.45) is 6.60. The van der Waals surface area contributed by atoms with Gasteiger partial charge in [-0.25, -0.2) is 4.98 Å². The van der Waals surface area contributed by atoms with Crippen molar-refractivity contribution in [2.24, 2.45) is 0 Å². The molecule has 0 atom stereocenters. The van der Waals surface area contributed by atoms with Crippen LogP contribution in [0.5, 0.6) is 0 Å². The van der Waals surface area contributed by atoms with E-state index in [1.54, 1.807) is 24.3 Å². The molecule has 2 aromatic rings. The first-order chi connectivity index (χ1) is 10.2. The van der Waals surface area contributed by atoms with Crippen LogP contribution in [0.25, 0.3) is 0 Å². The molecule has 2 heterocycles. The van der Waals surface area contributed by atoms with Crippen LogP contribution < -0.4 is 10.9 Å². The lowest BCUT2D eigenvalue weighted by molar-refractivity contribution is 0.102. The maximum Gasteiger partial charge on any atom is 0.267 e. The summed E-state index contributed by atoms with van der Waals surface area (Å²) in [6.45, 7) is 0.587. The topological polar surface area (TPSA) is 64.0 Å². The lowest BCUT2D eigenvalue weighted by Crippen LogP contribution is -2.29. The number of amides is 1. The summed E-state index contributed by atoms with van der Waals surface area (Å²) in [7, 11) is 0. The third kappa shape index (κ3) is 2.56. The number of benzene rings is 1. The Hall–Kier alpha value is -2.52. The van der Waals surface area contributed by atoms with Crippen LogP contribution in [0.1, 0.15) is 15.9 Å². The number of hydrogen-bond acceptors (Lipinski definition) is 4. The largest absolute Gasteiger partial charge is 0.322 e. The van der Waals surface area contributed by atoms with Crippen LogP contribution in [0.2, 0.25) is 0 Å². The van der Waals surface area contributed by atoms with Gasteiger partial charge in [-0.2, -0.15) is 0 Å². The molecule has 3 rings (SSSR count). The molecular formula is C15H11N3O2S. The summed E-state index contributed by atoms with van der Waals surface area (Å²) >= 11 is 1.51. The molecule has 1 aromatic carbocycles. The second-order valence-electron chi connectivity index (χ2n) is 4.44. The van der Waals surface area contributed by atoms with E-state index in [9.17, 15) is 9.59 Å². The molecule has 0 aliphatic carbocycles. The number of carbonyl (C=O) groups excluding carboxylic acids is 1. The number of carbonyl (C=O) groups is 1. The molecule has 1 N–H and O–H groups in total. The summed E-state index contributed by atoms with van der Waals surface area (Å²) in [5, 5.41) is 3.34. The number of rotatable bonds is 2. The summed E-state index contributed by atoms with van der Waals surface area (Å²) in [6, 6.07) is 6.84. The molecule has 1 amide bonds. The first-order valence-electron chi connectivity index (χ1n) is 6.30. The van der Waals surface area contributed by atoms with Crippen molar-refractivity contribution in [2.45, 2.75) is 11.7 Å². The highest BCUT2D eigenvalue weighted by atomic mass is 32.2. The standard InChI is InChI=1S/C15H11N3O2S/c1-2-10-3-5-11(6-4-10)17-13(19)12-9-16-15-18(14(12)20)7-8-21-15/h1,3-6,9H,7-8H2,(H,17,19). The zero-order chi connectivity index (χ0) is 14.8. The second-order valence-corrected chi connectivity index (χ2v) is 5.50. The number of fused-ring (bicyclic) bond motifs is 1. The van der Waals surface area contributed by atoms with E-state index in [2.05, 4.69) is 16.2 Å². The van der Waals surface area contributed by atoms with Crippen LogP contribution in [0.4, 0.5) is 5.69 Å². The molecule has 0 saturated heterocycles. The molecule has 0 radical (unpaired) electrons. The van der Waals surface area contributed by atoms with Crippen LogP contribution >= 0.6 is 11.8 Å². The number of nitrogens with zero attached hydrogens (tertiary/aromatic N) is 2. The van der Waals surface area contributed by atoms with Gasteiger partial charge in [-0.3, -0.25) is 14.2 Å². The number of thioether (sulfide) groups is 1. The van der Waals surface area contributed by atoms with Gasteiger partial charge in [0.2, 0.25) is 0 Å². The molecule has 5 nitrogen and oxygen atoms in total. The number of nitrogens with one attached hydrogen (secondary N) is 1. The molecule has 104 valence electrons. The normalized spacial score (nSPS) is 12.5. The number of anilines is 1. The van der Waals surface area contributed by atoms with Gasteiger partial charge in [-0.15, -0.1) is 6.42 Å². The number of terminal acetylenes is 1. The number of aromatic nitrogens is 2. The van der Waals surface area contributed by atoms with Crippen LogP contribution in [0, 0.1) is 12.3 Å². The highest BCUT2D eigenvalue weighted by Gasteiger charge is 2.19. The third-order valence-corrected chi connectivity index (χ3v) is 4.08. The van der Waals surface area contributed by atoms with Crippen molar-refractivity contribution in [3.63, 3.8) is 0 Å². The van der Waals surface area contributed by atoms with Crippen molar-refractivity contribution in [1.29, 1.82) is 0 Å². The predicted molar refractivity (Wildman–Crippen MR) is 81.6 cm³/mol. The molecule has 0 spiro atoms. The van der Waals surface area contributed by atoms with Gasteiger partial charge in [0.25, 0.3) is 11.5 Å². The molecule has 0 bridgehead atoms. The first-order valence-corrected chi connectivity index (χ1v) is 7.28. The number of hydrogen-bond donors (Lipinski definition) is 1. The third-order valence-electron chi connectivity index (χ3n) is 3.11. The molecule has 0 saturated carbocycles. The van der Waals surface area contributed by atoms with Crippen LogP contribution in [0.3, 0.4) is 0 Å². The van der Waals surface area contributed by atoms with Crippen LogP contribution in [0.15, 0.2) is 40.4 Å². The molecule has 1 aliphatic heterocycles. The van der Waals surface area contributed by atoms with E-state index < -0.39 is 5.91 Å². The van der Waals surface area contributed by atoms with Crippen molar-refractivity contribution in [3.8, 4) is 12.3 Å². The van der Waals surface area contributed by atoms with E-state index in [4.69, 9.17) is 6.42 Å². The van der Waals surface area contributed by atoms with E-state index in [0.29, 0.717) is 17.4 Å². The van der Waals surface area contributed by atoms with E-state index in [1.807, 2.05) is 0 Å². The van der Waals surface area contributed by atoms with Crippen LogP contribution in [-0.2, 0) is 6.54 Å². The maximum absolute atomic E-state index is 12.2. The van der Waals surface area contributed by atoms with E-state index in [0.717, 1.165) is 11.3 Å². The molecule has 1 aliphatic rings. The fourth-order valence-corrected chi connectivity index (χ4v) is 2.94. The SMILES string of the molecule is C#Cc1ccc(NC(=O)c2cnc3n(c2=O)CCS3)cc1. The molecule has 6 heteroatoms. The fraction of sp³-hybridized carbons (Fsp3) is 0.133. The molecule has 0 fully saturated rings. The minimum Gasteiger partial charge on any atom is -0.322 e.